The Hall–Kier alpha value is -3.21. The number of hydrogen-bond acceptors (Lipinski definition) is 3. The van der Waals surface area contributed by atoms with Gasteiger partial charge in [-0.15, -0.1) is 0 Å². The van der Waals surface area contributed by atoms with Gasteiger partial charge >= 0.3 is 0 Å². The van der Waals surface area contributed by atoms with Crippen LogP contribution in [0.2, 0.25) is 0 Å². The van der Waals surface area contributed by atoms with Gasteiger partial charge in [0.1, 0.15) is 5.82 Å². The molecule has 2 heterocycles. The normalized spacial score (nSPS) is 13.4. The number of rotatable bonds is 5. The molecule has 0 radical (unpaired) electrons. The number of aromatic amines is 1. The molecular weight excluding hydrogens is 314 g/mol. The van der Waals surface area contributed by atoms with E-state index in [1.165, 1.54) is 4.90 Å². The summed E-state index contributed by atoms with van der Waals surface area (Å²) < 4.78 is 0. The maximum atomic E-state index is 12.3. The molecule has 2 amide bonds. The highest BCUT2D eigenvalue weighted by atomic mass is 16.2. The fourth-order valence-electron chi connectivity index (χ4n) is 3.10. The molecular formula is C20H17N3O2. The van der Waals surface area contributed by atoms with Crippen molar-refractivity contribution in [3.63, 3.8) is 0 Å². The number of fused-ring (bicyclic) bond motifs is 1. The van der Waals surface area contributed by atoms with Gasteiger partial charge in [-0.1, -0.05) is 42.5 Å². The molecule has 1 aliphatic rings. The molecule has 2 aromatic carbocycles. The molecule has 5 nitrogen and oxygen atoms in total. The van der Waals surface area contributed by atoms with E-state index in [-0.39, 0.29) is 11.8 Å². The second kappa shape index (κ2) is 6.36. The molecule has 4 rings (SSSR count). The van der Waals surface area contributed by atoms with Crippen molar-refractivity contribution >= 4 is 11.8 Å². The highest BCUT2D eigenvalue weighted by Gasteiger charge is 2.34. The number of nitrogens with zero attached hydrogens (tertiary/aromatic N) is 2. The summed E-state index contributed by atoms with van der Waals surface area (Å²) in [6.45, 7) is 0.409. The van der Waals surface area contributed by atoms with Gasteiger partial charge in [-0.3, -0.25) is 14.5 Å². The van der Waals surface area contributed by atoms with Crippen molar-refractivity contribution in [2.45, 2.75) is 12.8 Å². The Morgan fingerprint density at radius 2 is 1.52 bits per heavy atom. The fraction of sp³-hybridized carbons (Fsp3) is 0.150. The van der Waals surface area contributed by atoms with Crippen molar-refractivity contribution in [2.75, 3.05) is 6.54 Å². The lowest BCUT2D eigenvalue weighted by Crippen LogP contribution is -2.30. The summed E-state index contributed by atoms with van der Waals surface area (Å²) in [5.41, 5.74) is 3.03. The minimum Gasteiger partial charge on any atom is -0.342 e. The van der Waals surface area contributed by atoms with Crippen LogP contribution in [0, 0.1) is 0 Å². The molecule has 0 saturated carbocycles. The van der Waals surface area contributed by atoms with E-state index in [0.29, 0.717) is 24.1 Å². The second-order valence-electron chi connectivity index (χ2n) is 6.03. The zero-order valence-electron chi connectivity index (χ0n) is 13.6. The van der Waals surface area contributed by atoms with E-state index in [4.69, 9.17) is 0 Å². The minimum absolute atomic E-state index is 0.199. The molecule has 0 unspecified atom stereocenters. The summed E-state index contributed by atoms with van der Waals surface area (Å²) in [6, 6.07) is 16.9. The number of H-pyrrole nitrogens is 1. The van der Waals surface area contributed by atoms with Crippen molar-refractivity contribution in [3.05, 3.63) is 77.6 Å². The lowest BCUT2D eigenvalue weighted by atomic mass is 10.1. The zero-order chi connectivity index (χ0) is 17.2. The number of imidazole rings is 1. The summed E-state index contributed by atoms with van der Waals surface area (Å²) in [5.74, 6) is 0.432. The molecule has 1 N–H and O–H groups in total. The van der Waals surface area contributed by atoms with Crippen LogP contribution < -0.4 is 0 Å². The summed E-state index contributed by atoms with van der Waals surface area (Å²) in [6.07, 6.45) is 3.24. The van der Waals surface area contributed by atoms with Crippen molar-refractivity contribution in [3.8, 4) is 11.4 Å². The minimum atomic E-state index is -0.199. The second-order valence-corrected chi connectivity index (χ2v) is 6.03. The van der Waals surface area contributed by atoms with E-state index in [9.17, 15) is 9.59 Å². The molecule has 5 heteroatoms. The number of nitrogens with one attached hydrogen (secondary N) is 1. The molecule has 0 atom stereocenters. The lowest BCUT2D eigenvalue weighted by molar-refractivity contribution is 0.0652. The fourth-order valence-corrected chi connectivity index (χ4v) is 3.10. The van der Waals surface area contributed by atoms with Gasteiger partial charge in [0, 0.05) is 24.0 Å². The number of carbonyl (C=O) groups is 2. The monoisotopic (exact) mass is 331 g/mol. The van der Waals surface area contributed by atoms with Crippen molar-refractivity contribution in [1.82, 2.24) is 14.9 Å². The Bertz CT molecular complexity index is 896. The first-order chi connectivity index (χ1) is 12.2. The van der Waals surface area contributed by atoms with E-state index >= 15 is 0 Å². The maximum absolute atomic E-state index is 12.3. The predicted molar refractivity (Wildman–Crippen MR) is 94.2 cm³/mol. The number of aromatic nitrogens is 2. The molecule has 25 heavy (non-hydrogen) atoms. The molecule has 1 aliphatic heterocycles. The van der Waals surface area contributed by atoms with E-state index in [1.54, 1.807) is 24.3 Å². The Kier molecular flexibility index (Phi) is 3.90. The van der Waals surface area contributed by atoms with Crippen LogP contribution in [0.3, 0.4) is 0 Å². The van der Waals surface area contributed by atoms with Gasteiger partial charge in [0.2, 0.25) is 0 Å². The molecule has 0 bridgehead atoms. The van der Waals surface area contributed by atoms with Crippen LogP contribution in [-0.2, 0) is 6.42 Å². The third kappa shape index (κ3) is 2.85. The number of amides is 2. The first-order valence-corrected chi connectivity index (χ1v) is 8.28. The number of benzene rings is 2. The molecule has 3 aromatic rings. The average molecular weight is 331 g/mol. The molecule has 0 aliphatic carbocycles. The summed E-state index contributed by atoms with van der Waals surface area (Å²) in [4.78, 5) is 33.7. The first-order valence-electron chi connectivity index (χ1n) is 8.28. The molecule has 0 spiro atoms. The SMILES string of the molecule is O=C1c2ccccc2C(=O)N1CCCc1cnc(-c2ccccc2)[nH]1. The number of aryl methyl sites for hydroxylation is 1. The van der Waals surface area contributed by atoms with Crippen LogP contribution >= 0.6 is 0 Å². The Morgan fingerprint density at radius 3 is 2.20 bits per heavy atom. The largest absolute Gasteiger partial charge is 0.342 e. The van der Waals surface area contributed by atoms with Crippen molar-refractivity contribution in [2.24, 2.45) is 0 Å². The summed E-state index contributed by atoms with van der Waals surface area (Å²) in [7, 11) is 0. The average Bonchev–Trinajstić information content (AvgIpc) is 3.22. The Balaban J connectivity index is 1.39. The summed E-state index contributed by atoms with van der Waals surface area (Å²) in [5, 5.41) is 0. The smallest absolute Gasteiger partial charge is 0.261 e. The van der Waals surface area contributed by atoms with Crippen LogP contribution in [0.5, 0.6) is 0 Å². The van der Waals surface area contributed by atoms with Gasteiger partial charge in [-0.2, -0.15) is 0 Å². The van der Waals surface area contributed by atoms with E-state index in [1.807, 2.05) is 36.5 Å². The number of hydrogen-bond donors (Lipinski definition) is 1. The lowest BCUT2D eigenvalue weighted by Gasteiger charge is -2.12. The zero-order valence-corrected chi connectivity index (χ0v) is 13.6. The van der Waals surface area contributed by atoms with Gasteiger partial charge in [0.05, 0.1) is 11.1 Å². The molecule has 0 saturated heterocycles. The van der Waals surface area contributed by atoms with E-state index < -0.39 is 0 Å². The van der Waals surface area contributed by atoms with Crippen LogP contribution in [0.4, 0.5) is 0 Å². The summed E-state index contributed by atoms with van der Waals surface area (Å²) >= 11 is 0. The molecule has 0 fully saturated rings. The van der Waals surface area contributed by atoms with Gasteiger partial charge in [-0.05, 0) is 25.0 Å². The first kappa shape index (κ1) is 15.3. The van der Waals surface area contributed by atoms with Crippen molar-refractivity contribution in [1.29, 1.82) is 0 Å². The van der Waals surface area contributed by atoms with Crippen molar-refractivity contribution < 1.29 is 9.59 Å². The predicted octanol–water partition coefficient (Wildman–Crippen LogP) is 3.31. The van der Waals surface area contributed by atoms with E-state index in [0.717, 1.165) is 23.5 Å². The van der Waals surface area contributed by atoms with Crippen LogP contribution in [0.25, 0.3) is 11.4 Å². The van der Waals surface area contributed by atoms with Gasteiger partial charge in [0.15, 0.2) is 0 Å². The van der Waals surface area contributed by atoms with Gasteiger partial charge < -0.3 is 4.98 Å². The molecule has 1 aromatic heterocycles. The maximum Gasteiger partial charge on any atom is 0.261 e. The van der Waals surface area contributed by atoms with Gasteiger partial charge in [0.25, 0.3) is 11.8 Å². The van der Waals surface area contributed by atoms with Gasteiger partial charge in [-0.25, -0.2) is 4.98 Å². The van der Waals surface area contributed by atoms with Crippen LogP contribution in [0.15, 0.2) is 60.8 Å². The highest BCUT2D eigenvalue weighted by molar-refractivity contribution is 6.21. The Morgan fingerprint density at radius 1 is 0.880 bits per heavy atom. The number of imide groups is 1. The van der Waals surface area contributed by atoms with Crippen LogP contribution in [0.1, 0.15) is 32.8 Å². The third-order valence-corrected chi connectivity index (χ3v) is 4.38. The number of carbonyl (C=O) groups excluding carboxylic acids is 2. The Labute approximate surface area is 145 Å². The molecule has 124 valence electrons. The quantitative estimate of drug-likeness (QED) is 0.730. The topological polar surface area (TPSA) is 66.1 Å². The van der Waals surface area contributed by atoms with E-state index in [2.05, 4.69) is 9.97 Å². The third-order valence-electron chi connectivity index (χ3n) is 4.38. The van der Waals surface area contributed by atoms with Crippen LogP contribution in [-0.4, -0.2) is 33.2 Å². The standard InChI is InChI=1S/C20H17N3O2/c24-19-16-10-4-5-11-17(16)20(25)23(19)12-6-9-15-13-21-18(22-15)14-7-2-1-3-8-14/h1-5,7-8,10-11,13H,6,9,12H2,(H,21,22). The highest BCUT2D eigenvalue weighted by Crippen LogP contribution is 2.23.